The average molecular weight is 860 g/mol. The Morgan fingerprint density at radius 2 is 1.08 bits per heavy atom. The Kier molecular flexibility index (Phi) is 8.23. The van der Waals surface area contributed by atoms with Crippen LogP contribution in [0.25, 0.3) is 64.4 Å². The maximum absolute atomic E-state index is 6.74. The Morgan fingerprint density at radius 3 is 1.94 bits per heavy atom. The summed E-state index contributed by atoms with van der Waals surface area (Å²) in [6, 6.07) is 85.5. The highest BCUT2D eigenvalue weighted by molar-refractivity contribution is 7.25. The zero-order chi connectivity index (χ0) is 43.3. The molecule has 2 aliphatic carbocycles. The van der Waals surface area contributed by atoms with E-state index in [2.05, 4.69) is 229 Å². The van der Waals surface area contributed by atoms with Crippen LogP contribution in [-0.2, 0) is 11.8 Å². The summed E-state index contributed by atoms with van der Waals surface area (Å²) in [7, 11) is 0. The van der Waals surface area contributed by atoms with Gasteiger partial charge in [0.1, 0.15) is 5.58 Å². The highest BCUT2D eigenvalue weighted by Gasteiger charge is 2.52. The quantitative estimate of drug-likeness (QED) is 0.159. The summed E-state index contributed by atoms with van der Waals surface area (Å²) in [6.07, 6.45) is 0.864. The van der Waals surface area contributed by atoms with Crippen molar-refractivity contribution in [2.24, 2.45) is 0 Å². The second-order valence-electron chi connectivity index (χ2n) is 17.9. The topological polar surface area (TPSA) is 16.4 Å². The third-order valence-electron chi connectivity index (χ3n) is 14.5. The Morgan fingerprint density at radius 1 is 0.424 bits per heavy atom. The lowest BCUT2D eigenvalue weighted by Crippen LogP contribution is -2.26. The van der Waals surface area contributed by atoms with Crippen molar-refractivity contribution in [2.45, 2.75) is 17.8 Å². The maximum atomic E-state index is 6.74. The molecule has 2 aromatic heterocycles. The molecule has 0 aliphatic heterocycles. The minimum Gasteiger partial charge on any atom is -0.454 e. The normalized spacial score (nSPS) is 15.0. The first-order valence-corrected chi connectivity index (χ1v) is 23.7. The molecule has 66 heavy (non-hydrogen) atoms. The summed E-state index contributed by atoms with van der Waals surface area (Å²) in [5.41, 5.74) is 19.0. The molecule has 10 aromatic carbocycles. The zero-order valence-corrected chi connectivity index (χ0v) is 36.8. The van der Waals surface area contributed by atoms with E-state index in [-0.39, 0.29) is 5.92 Å². The second kappa shape index (κ2) is 14.5. The van der Waals surface area contributed by atoms with Gasteiger partial charge in [-0.05, 0) is 122 Å². The first-order chi connectivity index (χ1) is 32.7. The third-order valence-corrected chi connectivity index (χ3v) is 15.7. The molecule has 1 spiro atoms. The SMILES string of the molecule is c1ccc(C(Cc2cccc3c2-c2ccccc2C32c3ccccc3-c3ccc(N(c4ccccc4)c4cccc5c4oc4ccccc45)cc32)c2ccc3sc4ccccc4c3c2)cc1. The molecular formula is C63H41NOS. The Hall–Kier alpha value is -7.98. The van der Waals surface area contributed by atoms with E-state index < -0.39 is 5.41 Å². The van der Waals surface area contributed by atoms with Gasteiger partial charge in [-0.15, -0.1) is 11.3 Å². The van der Waals surface area contributed by atoms with Crippen molar-refractivity contribution >= 4 is 70.5 Å². The molecule has 0 bridgehead atoms. The van der Waals surface area contributed by atoms with Gasteiger partial charge in [0.05, 0.1) is 11.1 Å². The molecular weight excluding hydrogens is 819 g/mol. The molecule has 14 rings (SSSR count). The van der Waals surface area contributed by atoms with E-state index in [1.165, 1.54) is 81.4 Å². The number of furan rings is 1. The molecule has 2 atom stereocenters. The Balaban J connectivity index is 0.985. The van der Waals surface area contributed by atoms with Gasteiger partial charge in [-0.1, -0.05) is 176 Å². The van der Waals surface area contributed by atoms with Crippen molar-refractivity contribution < 1.29 is 4.42 Å². The van der Waals surface area contributed by atoms with Gasteiger partial charge in [0.25, 0.3) is 0 Å². The van der Waals surface area contributed by atoms with E-state index in [1.54, 1.807) is 0 Å². The predicted molar refractivity (Wildman–Crippen MR) is 276 cm³/mol. The zero-order valence-electron chi connectivity index (χ0n) is 36.0. The molecule has 3 heteroatoms. The Labute approximate surface area is 387 Å². The molecule has 0 amide bonds. The van der Waals surface area contributed by atoms with Gasteiger partial charge in [0.15, 0.2) is 5.58 Å². The highest BCUT2D eigenvalue weighted by Crippen LogP contribution is 2.64. The molecule has 2 unspecified atom stereocenters. The lowest BCUT2D eigenvalue weighted by molar-refractivity contribution is 0.669. The summed E-state index contributed by atoms with van der Waals surface area (Å²) in [4.78, 5) is 2.39. The van der Waals surface area contributed by atoms with Crippen LogP contribution in [0.4, 0.5) is 17.1 Å². The number of thiophene rings is 1. The highest BCUT2D eigenvalue weighted by atomic mass is 32.1. The second-order valence-corrected chi connectivity index (χ2v) is 18.9. The number of hydrogen-bond acceptors (Lipinski definition) is 3. The summed E-state index contributed by atoms with van der Waals surface area (Å²) in [5, 5.41) is 4.90. The van der Waals surface area contributed by atoms with Crippen molar-refractivity contribution in [2.75, 3.05) is 4.90 Å². The number of nitrogens with zero attached hydrogens (tertiary/aromatic N) is 1. The van der Waals surface area contributed by atoms with Crippen LogP contribution in [0.5, 0.6) is 0 Å². The molecule has 0 saturated carbocycles. The number of anilines is 3. The Bertz CT molecular complexity index is 3880. The first-order valence-electron chi connectivity index (χ1n) is 22.9. The van der Waals surface area contributed by atoms with Crippen molar-refractivity contribution in [3.05, 3.63) is 269 Å². The van der Waals surface area contributed by atoms with Crippen LogP contribution in [0, 0.1) is 0 Å². The molecule has 12 aromatic rings. The smallest absolute Gasteiger partial charge is 0.159 e. The number of fused-ring (bicyclic) bond motifs is 16. The summed E-state index contributed by atoms with van der Waals surface area (Å²) < 4.78 is 9.41. The van der Waals surface area contributed by atoms with Gasteiger partial charge in [0.2, 0.25) is 0 Å². The van der Waals surface area contributed by atoms with Gasteiger partial charge in [-0.25, -0.2) is 0 Å². The molecule has 0 saturated heterocycles. The van der Waals surface area contributed by atoms with Gasteiger partial charge in [0, 0.05) is 48.2 Å². The molecule has 2 aliphatic rings. The standard InChI is InChI=1S/C63H41NOS/c1-3-17-40(18-4-1)51(41-33-36-60-52(37-41)48-24-10-14-32-59(48)66-60)38-42-19-15-29-55-61(42)50-25-8-12-28-54(50)63(55)53-27-11-7-22-45(53)46-35-34-44(39-56(46)63)64(43-20-5-2-6-21-43)57-30-16-26-49-47-23-9-13-31-58(47)65-62(49)57/h1-37,39,51H,38H2. The minimum absolute atomic E-state index is 0.152. The summed E-state index contributed by atoms with van der Waals surface area (Å²) in [5.74, 6) is 0.152. The number of hydrogen-bond donors (Lipinski definition) is 0. The van der Waals surface area contributed by atoms with Crippen LogP contribution in [0.15, 0.2) is 235 Å². The predicted octanol–water partition coefficient (Wildman–Crippen LogP) is 17.1. The van der Waals surface area contributed by atoms with Gasteiger partial charge < -0.3 is 9.32 Å². The molecule has 310 valence electrons. The van der Waals surface area contributed by atoms with Crippen LogP contribution in [0.2, 0.25) is 0 Å². The van der Waals surface area contributed by atoms with E-state index in [9.17, 15) is 0 Å². The lowest BCUT2D eigenvalue weighted by atomic mass is 9.70. The molecule has 0 radical (unpaired) electrons. The fourth-order valence-electron chi connectivity index (χ4n) is 11.8. The van der Waals surface area contributed by atoms with E-state index in [0.717, 1.165) is 45.4 Å². The first kappa shape index (κ1) is 37.4. The van der Waals surface area contributed by atoms with Crippen molar-refractivity contribution in [3.63, 3.8) is 0 Å². The lowest BCUT2D eigenvalue weighted by Gasteiger charge is -2.32. The van der Waals surface area contributed by atoms with Crippen LogP contribution in [-0.4, -0.2) is 0 Å². The third kappa shape index (κ3) is 5.35. The molecule has 0 fully saturated rings. The maximum Gasteiger partial charge on any atom is 0.159 e. The largest absolute Gasteiger partial charge is 0.454 e. The number of rotatable bonds is 7. The summed E-state index contributed by atoms with van der Waals surface area (Å²) >= 11 is 1.88. The molecule has 0 N–H and O–H groups in total. The monoisotopic (exact) mass is 859 g/mol. The van der Waals surface area contributed by atoms with Crippen LogP contribution in [0.1, 0.15) is 44.9 Å². The summed E-state index contributed by atoms with van der Waals surface area (Å²) in [6.45, 7) is 0. The molecule has 2 heterocycles. The van der Waals surface area contributed by atoms with E-state index in [4.69, 9.17) is 4.42 Å². The van der Waals surface area contributed by atoms with E-state index in [1.807, 2.05) is 17.4 Å². The number of para-hydroxylation sites is 3. The molecule has 2 nitrogen and oxygen atoms in total. The fraction of sp³-hybridized carbons (Fsp3) is 0.0476. The van der Waals surface area contributed by atoms with Crippen LogP contribution in [0.3, 0.4) is 0 Å². The van der Waals surface area contributed by atoms with Crippen molar-refractivity contribution in [1.29, 1.82) is 0 Å². The van der Waals surface area contributed by atoms with Crippen molar-refractivity contribution in [1.82, 2.24) is 0 Å². The van der Waals surface area contributed by atoms with E-state index >= 15 is 0 Å². The van der Waals surface area contributed by atoms with Crippen LogP contribution >= 0.6 is 11.3 Å². The van der Waals surface area contributed by atoms with Gasteiger partial charge in [-0.2, -0.15) is 0 Å². The fourth-order valence-corrected chi connectivity index (χ4v) is 12.9. The van der Waals surface area contributed by atoms with E-state index in [0.29, 0.717) is 0 Å². The van der Waals surface area contributed by atoms with Crippen LogP contribution < -0.4 is 4.90 Å². The van der Waals surface area contributed by atoms with Crippen molar-refractivity contribution in [3.8, 4) is 22.3 Å². The average Bonchev–Trinajstić information content (AvgIpc) is 4.12. The van der Waals surface area contributed by atoms with Gasteiger partial charge in [-0.3, -0.25) is 0 Å². The van der Waals surface area contributed by atoms with Gasteiger partial charge >= 0.3 is 0 Å². The number of benzene rings is 10. The minimum atomic E-state index is -0.533.